The number of benzene rings is 2. The van der Waals surface area contributed by atoms with Gasteiger partial charge in [-0.2, -0.15) is 0 Å². The monoisotopic (exact) mass is 356 g/mol. The van der Waals surface area contributed by atoms with Crippen molar-refractivity contribution in [3.8, 4) is 5.75 Å². The van der Waals surface area contributed by atoms with Crippen LogP contribution in [0.2, 0.25) is 5.02 Å². The van der Waals surface area contributed by atoms with Crippen molar-refractivity contribution >= 4 is 27.5 Å². The molecule has 0 saturated carbocycles. The van der Waals surface area contributed by atoms with Gasteiger partial charge in [0.05, 0.1) is 6.10 Å². The molecule has 2 nitrogen and oxygen atoms in total. The molecule has 0 saturated heterocycles. The standard InChI is InChI=1S/C15H11BrClFO2/c16-12-5-8(17)1-3-10(12)15-7-13(19)11-6-9(18)2-4-14(11)20-15/h1-6,13,15,19H,7H2. The highest BCUT2D eigenvalue weighted by atomic mass is 79.9. The van der Waals surface area contributed by atoms with E-state index in [0.717, 1.165) is 10.0 Å². The van der Waals surface area contributed by atoms with Crippen molar-refractivity contribution in [3.05, 3.63) is 62.8 Å². The number of halogens is 3. The Balaban J connectivity index is 1.97. The van der Waals surface area contributed by atoms with Crippen LogP contribution in [0.4, 0.5) is 4.39 Å². The Hall–Kier alpha value is -1.10. The molecule has 2 aromatic rings. The summed E-state index contributed by atoms with van der Waals surface area (Å²) in [6.07, 6.45) is -0.673. The molecule has 0 amide bonds. The van der Waals surface area contributed by atoms with Gasteiger partial charge in [-0.15, -0.1) is 0 Å². The van der Waals surface area contributed by atoms with E-state index >= 15 is 0 Å². The normalized spacial score (nSPS) is 21.2. The van der Waals surface area contributed by atoms with Gasteiger partial charge in [0.1, 0.15) is 17.7 Å². The van der Waals surface area contributed by atoms with Gasteiger partial charge in [0.25, 0.3) is 0 Å². The minimum absolute atomic E-state index is 0.297. The smallest absolute Gasteiger partial charge is 0.128 e. The lowest BCUT2D eigenvalue weighted by atomic mass is 9.95. The molecule has 0 fully saturated rings. The molecular formula is C15H11BrClFO2. The summed E-state index contributed by atoms with van der Waals surface area (Å²) in [5, 5.41) is 10.8. The van der Waals surface area contributed by atoms with Crippen molar-refractivity contribution in [1.29, 1.82) is 0 Å². The quantitative estimate of drug-likeness (QED) is 0.794. The molecule has 0 aromatic heterocycles. The summed E-state index contributed by atoms with van der Waals surface area (Å²) < 4.78 is 19.9. The molecule has 2 aromatic carbocycles. The molecule has 1 N–H and O–H groups in total. The van der Waals surface area contributed by atoms with Crippen LogP contribution in [0.1, 0.15) is 29.8 Å². The molecule has 5 heteroatoms. The predicted octanol–water partition coefficient (Wildman–Crippen LogP) is 4.80. The lowest BCUT2D eigenvalue weighted by Gasteiger charge is -2.30. The Morgan fingerprint density at radius 1 is 1.20 bits per heavy atom. The average molecular weight is 358 g/mol. The first-order chi connectivity index (χ1) is 9.54. The third-order valence-electron chi connectivity index (χ3n) is 3.35. The maximum absolute atomic E-state index is 13.2. The topological polar surface area (TPSA) is 29.5 Å². The molecular weight excluding hydrogens is 347 g/mol. The van der Waals surface area contributed by atoms with Gasteiger partial charge in [0, 0.05) is 27.0 Å². The van der Waals surface area contributed by atoms with E-state index in [1.54, 1.807) is 18.2 Å². The molecule has 20 heavy (non-hydrogen) atoms. The second kappa shape index (κ2) is 5.35. The number of fused-ring (bicyclic) bond motifs is 1. The summed E-state index contributed by atoms with van der Waals surface area (Å²) in [6, 6.07) is 9.60. The van der Waals surface area contributed by atoms with E-state index < -0.39 is 6.10 Å². The summed E-state index contributed by atoms with van der Waals surface area (Å²) in [7, 11) is 0. The zero-order valence-electron chi connectivity index (χ0n) is 10.3. The summed E-state index contributed by atoms with van der Waals surface area (Å²) in [5.41, 5.74) is 1.40. The van der Waals surface area contributed by atoms with Crippen LogP contribution in [0.3, 0.4) is 0 Å². The minimum Gasteiger partial charge on any atom is -0.485 e. The third kappa shape index (κ3) is 2.55. The van der Waals surface area contributed by atoms with Crippen molar-refractivity contribution in [2.45, 2.75) is 18.6 Å². The highest BCUT2D eigenvalue weighted by Crippen LogP contribution is 2.42. The molecule has 3 rings (SSSR count). The number of hydrogen-bond acceptors (Lipinski definition) is 2. The van der Waals surface area contributed by atoms with Crippen LogP contribution in [0.5, 0.6) is 5.75 Å². The summed E-state index contributed by atoms with van der Waals surface area (Å²) in [5.74, 6) is 0.134. The third-order valence-corrected chi connectivity index (χ3v) is 4.27. The lowest BCUT2D eigenvalue weighted by molar-refractivity contribution is 0.0650. The molecule has 0 spiro atoms. The van der Waals surface area contributed by atoms with Crippen LogP contribution in [0.15, 0.2) is 40.9 Å². The summed E-state index contributed by atoms with van der Waals surface area (Å²) >= 11 is 9.37. The molecule has 2 unspecified atom stereocenters. The van der Waals surface area contributed by atoms with Crippen molar-refractivity contribution in [1.82, 2.24) is 0 Å². The highest BCUT2D eigenvalue weighted by Gasteiger charge is 2.29. The Labute approximate surface area is 129 Å². The highest BCUT2D eigenvalue weighted by molar-refractivity contribution is 9.10. The lowest BCUT2D eigenvalue weighted by Crippen LogP contribution is -2.19. The number of aliphatic hydroxyl groups is 1. The van der Waals surface area contributed by atoms with Gasteiger partial charge < -0.3 is 9.84 Å². The fourth-order valence-corrected chi connectivity index (χ4v) is 3.31. The fraction of sp³-hybridized carbons (Fsp3) is 0.200. The second-order valence-electron chi connectivity index (χ2n) is 4.71. The fourth-order valence-electron chi connectivity index (χ4n) is 2.37. The average Bonchev–Trinajstić information content (AvgIpc) is 2.39. The summed E-state index contributed by atoms with van der Waals surface area (Å²) in [6.45, 7) is 0. The van der Waals surface area contributed by atoms with Crippen molar-refractivity contribution in [2.24, 2.45) is 0 Å². The van der Waals surface area contributed by atoms with Gasteiger partial charge in [0.15, 0.2) is 0 Å². The SMILES string of the molecule is OC1CC(c2ccc(Cl)cc2Br)Oc2ccc(F)cc21. The first-order valence-electron chi connectivity index (χ1n) is 6.13. The van der Waals surface area contributed by atoms with Crippen LogP contribution in [-0.2, 0) is 0 Å². The number of rotatable bonds is 1. The van der Waals surface area contributed by atoms with E-state index in [9.17, 15) is 9.50 Å². The zero-order valence-corrected chi connectivity index (χ0v) is 12.7. The molecule has 1 aliphatic rings. The Morgan fingerprint density at radius 2 is 2.00 bits per heavy atom. The summed E-state index contributed by atoms with van der Waals surface area (Å²) in [4.78, 5) is 0. The number of ether oxygens (including phenoxy) is 1. The Kier molecular flexibility index (Phi) is 3.71. The molecule has 1 aliphatic heterocycles. The van der Waals surface area contributed by atoms with E-state index in [2.05, 4.69) is 15.9 Å². The van der Waals surface area contributed by atoms with Gasteiger partial charge in [0.2, 0.25) is 0 Å². The first kappa shape index (κ1) is 13.9. The largest absolute Gasteiger partial charge is 0.485 e. The van der Waals surface area contributed by atoms with Crippen LogP contribution >= 0.6 is 27.5 Å². The molecule has 0 aliphatic carbocycles. The van der Waals surface area contributed by atoms with Crippen molar-refractivity contribution < 1.29 is 14.2 Å². The zero-order chi connectivity index (χ0) is 14.3. The molecule has 0 radical (unpaired) electrons. The number of aliphatic hydroxyl groups excluding tert-OH is 1. The van der Waals surface area contributed by atoms with Gasteiger partial charge in [-0.3, -0.25) is 0 Å². The second-order valence-corrected chi connectivity index (χ2v) is 6.00. The minimum atomic E-state index is -0.748. The Bertz CT molecular complexity index is 662. The van der Waals surface area contributed by atoms with E-state index in [1.165, 1.54) is 12.1 Å². The van der Waals surface area contributed by atoms with Crippen LogP contribution in [0.25, 0.3) is 0 Å². The van der Waals surface area contributed by atoms with Crippen LogP contribution < -0.4 is 4.74 Å². The maximum Gasteiger partial charge on any atom is 0.128 e. The van der Waals surface area contributed by atoms with E-state index in [-0.39, 0.29) is 11.9 Å². The van der Waals surface area contributed by atoms with Crippen LogP contribution in [-0.4, -0.2) is 5.11 Å². The van der Waals surface area contributed by atoms with Gasteiger partial charge in [-0.05, 0) is 30.3 Å². The van der Waals surface area contributed by atoms with E-state index in [0.29, 0.717) is 22.8 Å². The Morgan fingerprint density at radius 3 is 2.75 bits per heavy atom. The van der Waals surface area contributed by atoms with Crippen LogP contribution in [0, 0.1) is 5.82 Å². The molecule has 2 atom stereocenters. The first-order valence-corrected chi connectivity index (χ1v) is 7.31. The van der Waals surface area contributed by atoms with E-state index in [1.807, 2.05) is 6.07 Å². The molecule has 1 heterocycles. The molecule has 104 valence electrons. The van der Waals surface area contributed by atoms with Crippen molar-refractivity contribution in [3.63, 3.8) is 0 Å². The molecule has 0 bridgehead atoms. The number of hydrogen-bond donors (Lipinski definition) is 1. The maximum atomic E-state index is 13.2. The van der Waals surface area contributed by atoms with Crippen molar-refractivity contribution in [2.75, 3.05) is 0 Å². The van der Waals surface area contributed by atoms with Gasteiger partial charge in [-0.1, -0.05) is 33.6 Å². The van der Waals surface area contributed by atoms with E-state index in [4.69, 9.17) is 16.3 Å². The predicted molar refractivity (Wildman–Crippen MR) is 78.5 cm³/mol. The van der Waals surface area contributed by atoms with Gasteiger partial charge >= 0.3 is 0 Å². The van der Waals surface area contributed by atoms with Gasteiger partial charge in [-0.25, -0.2) is 4.39 Å².